The Morgan fingerprint density at radius 1 is 1.19 bits per heavy atom. The summed E-state index contributed by atoms with van der Waals surface area (Å²) in [6.45, 7) is 1.76. The van der Waals surface area contributed by atoms with Crippen molar-refractivity contribution in [2.45, 2.75) is 26.0 Å². The lowest BCUT2D eigenvalue weighted by Gasteiger charge is -2.19. The number of rotatable bonds is 5. The van der Waals surface area contributed by atoms with Crippen LogP contribution in [-0.2, 0) is 25.7 Å². The molecular weight excluding hydrogens is 348 g/mol. The molecule has 0 saturated carbocycles. The van der Waals surface area contributed by atoms with Gasteiger partial charge in [0.25, 0.3) is 0 Å². The van der Waals surface area contributed by atoms with Crippen LogP contribution < -0.4 is 5.32 Å². The summed E-state index contributed by atoms with van der Waals surface area (Å²) >= 11 is 0. The molecule has 1 atom stereocenters. The van der Waals surface area contributed by atoms with E-state index in [4.69, 9.17) is 9.47 Å². The van der Waals surface area contributed by atoms with Crippen LogP contribution in [0.15, 0.2) is 54.6 Å². The standard InChI is InChI=1S/C20H20N2O5/c1-14-6-5-9-16(10-14)21-18(23)11-17-19(24)27-13-22(17)20(25)26-12-15-7-3-2-4-8-15/h2-10,17H,11-13H2,1H3,(H,21,23)/t17-/m0/s1. The highest BCUT2D eigenvalue weighted by molar-refractivity contribution is 5.96. The van der Waals surface area contributed by atoms with Crippen LogP contribution in [0.1, 0.15) is 17.5 Å². The molecule has 140 valence electrons. The Balaban J connectivity index is 1.58. The second kappa shape index (κ2) is 8.35. The number of esters is 1. The zero-order valence-corrected chi connectivity index (χ0v) is 14.9. The Labute approximate surface area is 156 Å². The van der Waals surface area contributed by atoms with E-state index < -0.39 is 18.1 Å². The molecule has 1 aliphatic heterocycles. The topological polar surface area (TPSA) is 84.9 Å². The van der Waals surface area contributed by atoms with E-state index in [1.54, 1.807) is 6.07 Å². The monoisotopic (exact) mass is 368 g/mol. The van der Waals surface area contributed by atoms with E-state index in [0.717, 1.165) is 16.0 Å². The number of carbonyl (C=O) groups excluding carboxylic acids is 3. The van der Waals surface area contributed by atoms with E-state index in [1.165, 1.54) is 0 Å². The molecular formula is C20H20N2O5. The number of carbonyl (C=O) groups is 3. The lowest BCUT2D eigenvalue weighted by Crippen LogP contribution is -2.40. The number of nitrogens with zero attached hydrogens (tertiary/aromatic N) is 1. The molecule has 1 fully saturated rings. The van der Waals surface area contributed by atoms with Crippen LogP contribution in [0.25, 0.3) is 0 Å². The minimum Gasteiger partial charge on any atom is -0.444 e. The summed E-state index contributed by atoms with van der Waals surface area (Å²) in [5.41, 5.74) is 2.45. The third-order valence-electron chi connectivity index (χ3n) is 4.11. The first-order chi connectivity index (χ1) is 13.0. The van der Waals surface area contributed by atoms with Gasteiger partial charge in [0, 0.05) is 5.69 Å². The maximum Gasteiger partial charge on any atom is 0.413 e. The third-order valence-corrected chi connectivity index (χ3v) is 4.11. The van der Waals surface area contributed by atoms with Crippen molar-refractivity contribution >= 4 is 23.7 Å². The Hall–Kier alpha value is -3.35. The quantitative estimate of drug-likeness (QED) is 0.821. The first kappa shape index (κ1) is 18.4. The Morgan fingerprint density at radius 3 is 2.70 bits per heavy atom. The van der Waals surface area contributed by atoms with E-state index in [0.29, 0.717) is 5.69 Å². The van der Waals surface area contributed by atoms with Crippen molar-refractivity contribution in [3.63, 3.8) is 0 Å². The fraction of sp³-hybridized carbons (Fsp3) is 0.250. The van der Waals surface area contributed by atoms with Crippen LogP contribution in [0.5, 0.6) is 0 Å². The van der Waals surface area contributed by atoms with Gasteiger partial charge in [0.1, 0.15) is 12.6 Å². The average molecular weight is 368 g/mol. The van der Waals surface area contributed by atoms with Crippen molar-refractivity contribution in [1.29, 1.82) is 0 Å². The SMILES string of the molecule is Cc1cccc(NC(=O)C[C@H]2C(=O)OCN2C(=O)OCc2ccccc2)c1. The first-order valence-electron chi connectivity index (χ1n) is 8.53. The van der Waals surface area contributed by atoms with Gasteiger partial charge < -0.3 is 14.8 Å². The molecule has 2 aromatic carbocycles. The molecule has 0 bridgehead atoms. The van der Waals surface area contributed by atoms with Crippen LogP contribution >= 0.6 is 0 Å². The third kappa shape index (κ3) is 4.84. The van der Waals surface area contributed by atoms with Crippen molar-refractivity contribution in [2.24, 2.45) is 0 Å². The lowest BCUT2D eigenvalue weighted by atomic mass is 10.1. The number of nitrogens with one attached hydrogen (secondary N) is 1. The normalized spacial score (nSPS) is 16.0. The lowest BCUT2D eigenvalue weighted by molar-refractivity contribution is -0.140. The molecule has 1 heterocycles. The van der Waals surface area contributed by atoms with Gasteiger partial charge in [-0.25, -0.2) is 9.59 Å². The largest absolute Gasteiger partial charge is 0.444 e. The van der Waals surface area contributed by atoms with Gasteiger partial charge in [-0.2, -0.15) is 0 Å². The smallest absolute Gasteiger partial charge is 0.413 e. The number of benzene rings is 2. The molecule has 0 aromatic heterocycles. The van der Waals surface area contributed by atoms with Gasteiger partial charge in [-0.15, -0.1) is 0 Å². The van der Waals surface area contributed by atoms with Crippen LogP contribution in [0, 0.1) is 6.92 Å². The van der Waals surface area contributed by atoms with Gasteiger partial charge in [0.05, 0.1) is 6.42 Å². The summed E-state index contributed by atoms with van der Waals surface area (Å²) in [5.74, 6) is -1.00. The second-order valence-electron chi connectivity index (χ2n) is 6.24. The first-order valence-corrected chi connectivity index (χ1v) is 8.53. The predicted molar refractivity (Wildman–Crippen MR) is 97.6 cm³/mol. The molecule has 0 radical (unpaired) electrons. The number of aryl methyl sites for hydroxylation is 1. The molecule has 7 heteroatoms. The van der Waals surface area contributed by atoms with Crippen molar-refractivity contribution in [3.8, 4) is 0 Å². The van der Waals surface area contributed by atoms with Gasteiger partial charge in [-0.3, -0.25) is 9.69 Å². The van der Waals surface area contributed by atoms with Crippen LogP contribution in [0.2, 0.25) is 0 Å². The molecule has 7 nitrogen and oxygen atoms in total. The Bertz CT molecular complexity index is 837. The fourth-order valence-electron chi connectivity index (χ4n) is 2.73. The zero-order chi connectivity index (χ0) is 19.2. The van der Waals surface area contributed by atoms with Gasteiger partial charge >= 0.3 is 12.1 Å². The summed E-state index contributed by atoms with van der Waals surface area (Å²) in [4.78, 5) is 37.7. The van der Waals surface area contributed by atoms with Crippen molar-refractivity contribution in [3.05, 3.63) is 65.7 Å². The summed E-state index contributed by atoms with van der Waals surface area (Å²) in [6, 6.07) is 15.5. The maximum absolute atomic E-state index is 12.3. The maximum atomic E-state index is 12.3. The Morgan fingerprint density at radius 2 is 1.96 bits per heavy atom. The van der Waals surface area contributed by atoms with Crippen LogP contribution in [0.3, 0.4) is 0 Å². The molecule has 0 aliphatic carbocycles. The highest BCUT2D eigenvalue weighted by atomic mass is 16.6. The minimum absolute atomic E-state index is 0.0760. The van der Waals surface area contributed by atoms with E-state index in [1.807, 2.05) is 55.5 Å². The average Bonchev–Trinajstić information content (AvgIpc) is 3.01. The number of amides is 2. The van der Waals surface area contributed by atoms with Gasteiger partial charge in [0.2, 0.25) is 5.91 Å². The minimum atomic E-state index is -1.00. The van der Waals surface area contributed by atoms with Gasteiger partial charge in [0.15, 0.2) is 6.73 Å². The van der Waals surface area contributed by atoms with Crippen LogP contribution in [0.4, 0.5) is 10.5 Å². The van der Waals surface area contributed by atoms with E-state index in [9.17, 15) is 14.4 Å². The molecule has 2 aromatic rings. The highest BCUT2D eigenvalue weighted by Crippen LogP contribution is 2.18. The van der Waals surface area contributed by atoms with Crippen molar-refractivity contribution in [1.82, 2.24) is 4.90 Å². The number of cyclic esters (lactones) is 1. The molecule has 1 aliphatic rings. The molecule has 3 rings (SSSR count). The van der Waals surface area contributed by atoms with Crippen LogP contribution in [-0.4, -0.2) is 35.6 Å². The number of anilines is 1. The molecule has 1 saturated heterocycles. The summed E-state index contributed by atoms with van der Waals surface area (Å²) < 4.78 is 10.2. The molecule has 2 amide bonds. The molecule has 27 heavy (non-hydrogen) atoms. The highest BCUT2D eigenvalue weighted by Gasteiger charge is 2.40. The zero-order valence-electron chi connectivity index (χ0n) is 14.9. The Kier molecular flexibility index (Phi) is 5.71. The van der Waals surface area contributed by atoms with Crippen molar-refractivity contribution < 1.29 is 23.9 Å². The second-order valence-corrected chi connectivity index (χ2v) is 6.24. The summed E-state index contributed by atoms with van der Waals surface area (Å²) in [6.07, 6.45) is -0.897. The van der Waals surface area contributed by atoms with Crippen molar-refractivity contribution in [2.75, 3.05) is 12.0 Å². The molecule has 1 N–H and O–H groups in total. The fourth-order valence-corrected chi connectivity index (χ4v) is 2.73. The number of ether oxygens (including phenoxy) is 2. The number of hydrogen-bond donors (Lipinski definition) is 1. The molecule has 0 spiro atoms. The van der Waals surface area contributed by atoms with E-state index >= 15 is 0 Å². The predicted octanol–water partition coefficient (Wildman–Crippen LogP) is 2.85. The van der Waals surface area contributed by atoms with Gasteiger partial charge in [-0.05, 0) is 30.2 Å². The molecule has 0 unspecified atom stereocenters. The number of hydrogen-bond acceptors (Lipinski definition) is 5. The van der Waals surface area contributed by atoms with E-state index in [-0.39, 0.29) is 25.7 Å². The summed E-state index contributed by atoms with van der Waals surface area (Å²) in [7, 11) is 0. The van der Waals surface area contributed by atoms with Gasteiger partial charge in [-0.1, -0.05) is 42.5 Å². The summed E-state index contributed by atoms with van der Waals surface area (Å²) in [5, 5.41) is 2.72. The van der Waals surface area contributed by atoms with E-state index in [2.05, 4.69) is 5.32 Å².